The molecule has 30 heavy (non-hydrogen) atoms. The minimum atomic E-state index is -3.53. The molecule has 0 unspecified atom stereocenters. The van der Waals surface area contributed by atoms with Gasteiger partial charge in [0.05, 0.1) is 10.8 Å². The zero-order valence-electron chi connectivity index (χ0n) is 16.3. The highest BCUT2D eigenvalue weighted by Gasteiger charge is 2.32. The van der Waals surface area contributed by atoms with Crippen LogP contribution < -0.4 is 9.47 Å². The average molecular weight is 496 g/mol. The zero-order valence-corrected chi connectivity index (χ0v) is 18.7. The molecule has 0 bridgehead atoms. The van der Waals surface area contributed by atoms with Gasteiger partial charge in [-0.05, 0) is 37.1 Å². The van der Waals surface area contributed by atoms with E-state index in [-0.39, 0.29) is 23.4 Å². The molecule has 0 aromatic heterocycles. The molecule has 1 fully saturated rings. The van der Waals surface area contributed by atoms with Gasteiger partial charge in [-0.15, -0.1) is 0 Å². The van der Waals surface area contributed by atoms with E-state index in [9.17, 15) is 13.2 Å². The van der Waals surface area contributed by atoms with E-state index in [2.05, 4.69) is 15.9 Å². The van der Waals surface area contributed by atoms with Crippen molar-refractivity contribution in [2.45, 2.75) is 24.3 Å². The molecule has 4 rings (SSSR count). The van der Waals surface area contributed by atoms with Crippen molar-refractivity contribution in [1.82, 2.24) is 4.31 Å². The number of halogens is 1. The number of piperidine rings is 1. The molecule has 0 N–H and O–H groups in total. The second kappa shape index (κ2) is 8.95. The smallest absolute Gasteiger partial charge is 0.309 e. The van der Waals surface area contributed by atoms with E-state index in [1.165, 1.54) is 4.31 Å². The molecular weight excluding hydrogens is 474 g/mol. The van der Waals surface area contributed by atoms with E-state index in [0.29, 0.717) is 50.6 Å². The fourth-order valence-corrected chi connectivity index (χ4v) is 5.48. The second-order valence-electron chi connectivity index (χ2n) is 7.19. The largest absolute Gasteiger partial charge is 0.486 e. The SMILES string of the molecule is O=C(OCc1cc2c(cc1Br)OCCO2)C1CCN(S(=O)(=O)c2ccccc2)CC1. The maximum Gasteiger partial charge on any atom is 0.309 e. The van der Waals surface area contributed by atoms with Crippen LogP contribution in [0.4, 0.5) is 0 Å². The minimum Gasteiger partial charge on any atom is -0.486 e. The van der Waals surface area contributed by atoms with Crippen LogP contribution in [0.1, 0.15) is 18.4 Å². The molecule has 7 nitrogen and oxygen atoms in total. The van der Waals surface area contributed by atoms with Crippen LogP contribution in [0, 0.1) is 5.92 Å². The van der Waals surface area contributed by atoms with Gasteiger partial charge in [-0.3, -0.25) is 4.79 Å². The van der Waals surface area contributed by atoms with Crippen molar-refractivity contribution in [2.24, 2.45) is 5.92 Å². The van der Waals surface area contributed by atoms with Crippen molar-refractivity contribution in [3.63, 3.8) is 0 Å². The fourth-order valence-electron chi connectivity index (χ4n) is 3.56. The number of benzene rings is 2. The van der Waals surface area contributed by atoms with Gasteiger partial charge in [-0.1, -0.05) is 34.1 Å². The fraction of sp³-hybridized carbons (Fsp3) is 0.381. The lowest BCUT2D eigenvalue weighted by Gasteiger charge is -2.30. The van der Waals surface area contributed by atoms with E-state index >= 15 is 0 Å². The van der Waals surface area contributed by atoms with Gasteiger partial charge in [0.15, 0.2) is 11.5 Å². The molecule has 9 heteroatoms. The highest BCUT2D eigenvalue weighted by atomic mass is 79.9. The number of hydrogen-bond donors (Lipinski definition) is 0. The Morgan fingerprint density at radius 3 is 2.37 bits per heavy atom. The maximum atomic E-state index is 12.7. The predicted octanol–water partition coefficient (Wildman–Crippen LogP) is 3.36. The molecule has 2 heterocycles. The van der Waals surface area contributed by atoms with Crippen LogP contribution in [0.15, 0.2) is 51.8 Å². The van der Waals surface area contributed by atoms with E-state index in [0.717, 1.165) is 10.0 Å². The number of ether oxygens (including phenoxy) is 3. The number of fused-ring (bicyclic) bond motifs is 1. The first-order valence-electron chi connectivity index (χ1n) is 9.75. The lowest BCUT2D eigenvalue weighted by molar-refractivity contribution is -0.151. The van der Waals surface area contributed by atoms with E-state index in [1.54, 1.807) is 36.4 Å². The third-order valence-corrected chi connectivity index (χ3v) is 7.90. The molecular formula is C21H22BrNO6S. The van der Waals surface area contributed by atoms with E-state index in [4.69, 9.17) is 14.2 Å². The first-order valence-corrected chi connectivity index (χ1v) is 12.0. The van der Waals surface area contributed by atoms with Gasteiger partial charge in [0.1, 0.15) is 19.8 Å². The lowest BCUT2D eigenvalue weighted by Crippen LogP contribution is -2.40. The van der Waals surface area contributed by atoms with Crippen LogP contribution in [-0.4, -0.2) is 45.0 Å². The molecule has 2 aromatic carbocycles. The third-order valence-electron chi connectivity index (χ3n) is 5.25. The van der Waals surface area contributed by atoms with Gasteiger partial charge in [0, 0.05) is 23.1 Å². The first-order chi connectivity index (χ1) is 14.4. The summed E-state index contributed by atoms with van der Waals surface area (Å²) in [6.07, 6.45) is 0.875. The summed E-state index contributed by atoms with van der Waals surface area (Å²) >= 11 is 3.47. The summed E-state index contributed by atoms with van der Waals surface area (Å²) in [5.41, 5.74) is 0.789. The summed E-state index contributed by atoms with van der Waals surface area (Å²) in [6, 6.07) is 12.0. The molecule has 0 aliphatic carbocycles. The Labute approximate surface area is 184 Å². The molecule has 0 spiro atoms. The summed E-state index contributed by atoms with van der Waals surface area (Å²) in [4.78, 5) is 12.8. The highest BCUT2D eigenvalue weighted by Crippen LogP contribution is 2.36. The summed E-state index contributed by atoms with van der Waals surface area (Å²) < 4.78 is 44.3. The number of carbonyl (C=O) groups is 1. The molecule has 2 aliphatic rings. The molecule has 2 aliphatic heterocycles. The van der Waals surface area contributed by atoms with Crippen molar-refractivity contribution in [3.8, 4) is 11.5 Å². The van der Waals surface area contributed by atoms with Crippen LogP contribution in [0.25, 0.3) is 0 Å². The Bertz CT molecular complexity index is 1020. The van der Waals surface area contributed by atoms with Gasteiger partial charge in [-0.2, -0.15) is 4.31 Å². The van der Waals surface area contributed by atoms with Crippen LogP contribution in [0.5, 0.6) is 11.5 Å². The standard InChI is InChI=1S/C21H22BrNO6S/c22-18-13-20-19(27-10-11-28-20)12-16(18)14-29-21(24)15-6-8-23(9-7-15)30(25,26)17-4-2-1-3-5-17/h1-5,12-13,15H,6-11,14H2. The molecule has 0 radical (unpaired) electrons. The molecule has 0 saturated carbocycles. The van der Waals surface area contributed by atoms with Gasteiger partial charge in [-0.25, -0.2) is 8.42 Å². The van der Waals surface area contributed by atoms with Crippen LogP contribution in [0.2, 0.25) is 0 Å². The van der Waals surface area contributed by atoms with Gasteiger partial charge in [0.25, 0.3) is 0 Å². The van der Waals surface area contributed by atoms with Crippen molar-refractivity contribution < 1.29 is 27.4 Å². The van der Waals surface area contributed by atoms with E-state index < -0.39 is 10.0 Å². The van der Waals surface area contributed by atoms with Crippen LogP contribution >= 0.6 is 15.9 Å². The number of sulfonamides is 1. The van der Waals surface area contributed by atoms with Crippen molar-refractivity contribution in [2.75, 3.05) is 26.3 Å². The maximum absolute atomic E-state index is 12.7. The van der Waals surface area contributed by atoms with Gasteiger partial charge >= 0.3 is 5.97 Å². The van der Waals surface area contributed by atoms with Crippen LogP contribution in [-0.2, 0) is 26.2 Å². The van der Waals surface area contributed by atoms with E-state index in [1.807, 2.05) is 6.07 Å². The monoisotopic (exact) mass is 495 g/mol. The Kier molecular flexibility index (Phi) is 6.31. The van der Waals surface area contributed by atoms with Crippen molar-refractivity contribution >= 4 is 31.9 Å². The highest BCUT2D eigenvalue weighted by molar-refractivity contribution is 9.10. The Morgan fingerprint density at radius 2 is 1.70 bits per heavy atom. The summed E-state index contributed by atoms with van der Waals surface area (Å²) in [7, 11) is -3.53. The predicted molar refractivity (Wildman–Crippen MR) is 113 cm³/mol. The number of rotatable bonds is 5. The van der Waals surface area contributed by atoms with Crippen molar-refractivity contribution in [1.29, 1.82) is 0 Å². The van der Waals surface area contributed by atoms with Gasteiger partial charge < -0.3 is 14.2 Å². The Morgan fingerprint density at radius 1 is 1.07 bits per heavy atom. The Balaban J connectivity index is 1.33. The summed E-state index contributed by atoms with van der Waals surface area (Å²) in [5, 5.41) is 0. The molecule has 0 amide bonds. The van der Waals surface area contributed by atoms with Crippen molar-refractivity contribution in [3.05, 3.63) is 52.5 Å². The number of hydrogen-bond acceptors (Lipinski definition) is 6. The summed E-state index contributed by atoms with van der Waals surface area (Å²) in [5.74, 6) is 0.668. The summed E-state index contributed by atoms with van der Waals surface area (Å²) in [6.45, 7) is 1.69. The topological polar surface area (TPSA) is 82.1 Å². The van der Waals surface area contributed by atoms with Gasteiger partial charge in [0.2, 0.25) is 10.0 Å². The molecule has 0 atom stereocenters. The number of esters is 1. The number of carbonyl (C=O) groups excluding carboxylic acids is 1. The normalized spacial score (nSPS) is 17.5. The molecule has 1 saturated heterocycles. The first kappa shape index (κ1) is 21.1. The second-order valence-corrected chi connectivity index (χ2v) is 9.98. The zero-order chi connectivity index (χ0) is 21.1. The lowest BCUT2D eigenvalue weighted by atomic mass is 9.98. The molecule has 160 valence electrons. The quantitative estimate of drug-likeness (QED) is 0.591. The third kappa shape index (κ3) is 4.48. The number of nitrogens with zero attached hydrogens (tertiary/aromatic N) is 1. The van der Waals surface area contributed by atoms with Crippen LogP contribution in [0.3, 0.4) is 0 Å². The average Bonchev–Trinajstić information content (AvgIpc) is 2.78. The Hall–Kier alpha value is -2.10. The minimum absolute atomic E-state index is 0.110. The molecule has 2 aromatic rings.